The molecule has 1 spiro atoms. The van der Waals surface area contributed by atoms with Crippen molar-refractivity contribution in [2.24, 2.45) is 0 Å². The number of nitrogens with one attached hydrogen (secondary N) is 1. The molecule has 2 aliphatic rings. The molecule has 0 radical (unpaired) electrons. The van der Waals surface area contributed by atoms with Gasteiger partial charge in [-0.05, 0) is 30.4 Å². The molecular weight excluding hydrogens is 285 g/mol. The maximum absolute atomic E-state index is 12.5. The molecule has 3 amide bonds. The number of carbonyl (C=O) groups excluding carboxylic acids is 2. The zero-order valence-electron chi connectivity index (χ0n) is 11.0. The number of nitrogens with zero attached hydrogens (tertiary/aromatic N) is 1. The normalized spacial score (nSPS) is 25.2. The molecule has 1 unspecified atom stereocenters. The number of imide groups is 1. The number of fused-ring (bicyclic) bond motifs is 2. The second kappa shape index (κ2) is 4.47. The number of hydrogen-bond donors (Lipinski definition) is 1. The maximum Gasteiger partial charge on any atom is 0.406 e. The van der Waals surface area contributed by atoms with Gasteiger partial charge in [0.05, 0.1) is 0 Å². The minimum atomic E-state index is -4.60. The van der Waals surface area contributed by atoms with E-state index in [2.05, 4.69) is 5.32 Å². The van der Waals surface area contributed by atoms with Gasteiger partial charge in [-0.2, -0.15) is 13.2 Å². The number of carbonyl (C=O) groups is 2. The molecule has 0 aromatic heterocycles. The number of amides is 3. The van der Waals surface area contributed by atoms with Crippen LogP contribution in [0.3, 0.4) is 0 Å². The SMILES string of the molecule is O=C1NC2(CCCc3ccccc32)C(=O)N1CC(F)(F)F. The molecule has 1 saturated heterocycles. The van der Waals surface area contributed by atoms with E-state index in [0.29, 0.717) is 18.4 Å². The van der Waals surface area contributed by atoms with E-state index < -0.39 is 30.2 Å². The van der Waals surface area contributed by atoms with E-state index in [9.17, 15) is 22.8 Å². The van der Waals surface area contributed by atoms with Crippen molar-refractivity contribution in [3.63, 3.8) is 0 Å². The van der Waals surface area contributed by atoms with Gasteiger partial charge >= 0.3 is 12.2 Å². The van der Waals surface area contributed by atoms with E-state index in [1.165, 1.54) is 0 Å². The van der Waals surface area contributed by atoms with Crippen LogP contribution in [0.1, 0.15) is 24.0 Å². The predicted octanol–water partition coefficient (Wildman–Crippen LogP) is 2.33. The smallest absolute Gasteiger partial charge is 0.319 e. The molecule has 1 aromatic carbocycles. The Hall–Kier alpha value is -2.05. The van der Waals surface area contributed by atoms with Crippen LogP contribution in [0.4, 0.5) is 18.0 Å². The van der Waals surface area contributed by atoms with Crippen LogP contribution in [-0.2, 0) is 16.8 Å². The standard InChI is InChI=1S/C14H13F3N2O2/c15-14(16,17)8-19-11(20)13(18-12(19)21)7-3-5-9-4-1-2-6-10(9)13/h1-2,4,6H,3,5,7-8H2,(H,18,21). The third-order valence-corrected chi connectivity index (χ3v) is 3.99. The minimum Gasteiger partial charge on any atom is -0.319 e. The fraction of sp³-hybridized carbons (Fsp3) is 0.429. The summed E-state index contributed by atoms with van der Waals surface area (Å²) in [5.41, 5.74) is 0.169. The predicted molar refractivity (Wildman–Crippen MR) is 67.4 cm³/mol. The highest BCUT2D eigenvalue weighted by Crippen LogP contribution is 2.40. The Labute approximate surface area is 118 Å². The van der Waals surface area contributed by atoms with Crippen molar-refractivity contribution >= 4 is 11.9 Å². The minimum absolute atomic E-state index is 0.266. The van der Waals surface area contributed by atoms with E-state index in [1.54, 1.807) is 12.1 Å². The van der Waals surface area contributed by atoms with Gasteiger partial charge in [-0.15, -0.1) is 0 Å². The van der Waals surface area contributed by atoms with Crippen LogP contribution in [-0.4, -0.2) is 29.6 Å². The summed E-state index contributed by atoms with van der Waals surface area (Å²) in [6, 6.07) is 6.09. The van der Waals surface area contributed by atoms with Gasteiger partial charge in [-0.1, -0.05) is 24.3 Å². The first-order chi connectivity index (χ1) is 9.83. The second-order valence-corrected chi connectivity index (χ2v) is 5.35. The molecule has 1 N–H and O–H groups in total. The molecule has 1 heterocycles. The Morgan fingerprint density at radius 1 is 1.24 bits per heavy atom. The fourth-order valence-corrected chi connectivity index (χ4v) is 3.13. The summed E-state index contributed by atoms with van der Waals surface area (Å²) in [6.45, 7) is -1.55. The van der Waals surface area contributed by atoms with E-state index in [0.717, 1.165) is 12.0 Å². The Balaban J connectivity index is 2.01. The molecule has 1 aliphatic heterocycles. The summed E-state index contributed by atoms with van der Waals surface area (Å²) >= 11 is 0. The lowest BCUT2D eigenvalue weighted by Crippen LogP contribution is -2.47. The molecule has 7 heteroatoms. The first kappa shape index (κ1) is 13.9. The Morgan fingerprint density at radius 3 is 2.67 bits per heavy atom. The molecule has 0 saturated carbocycles. The van der Waals surface area contributed by atoms with Crippen LogP contribution in [0.5, 0.6) is 0 Å². The lowest BCUT2D eigenvalue weighted by molar-refractivity contribution is -0.155. The molecule has 1 atom stereocenters. The lowest BCUT2D eigenvalue weighted by atomic mass is 9.76. The van der Waals surface area contributed by atoms with Gasteiger partial charge in [0.1, 0.15) is 12.1 Å². The first-order valence-electron chi connectivity index (χ1n) is 6.63. The summed E-state index contributed by atoms with van der Waals surface area (Å²) in [4.78, 5) is 24.6. The van der Waals surface area contributed by atoms with Gasteiger partial charge in [-0.3, -0.25) is 9.69 Å². The molecule has 0 bridgehead atoms. The average molecular weight is 298 g/mol. The van der Waals surface area contributed by atoms with Crippen molar-refractivity contribution in [3.8, 4) is 0 Å². The van der Waals surface area contributed by atoms with Crippen LogP contribution >= 0.6 is 0 Å². The number of halogens is 3. The summed E-state index contributed by atoms with van der Waals surface area (Å²) in [5.74, 6) is -0.808. The molecule has 4 nitrogen and oxygen atoms in total. The van der Waals surface area contributed by atoms with E-state index in [4.69, 9.17) is 0 Å². The first-order valence-corrected chi connectivity index (χ1v) is 6.63. The molecule has 1 aromatic rings. The number of alkyl halides is 3. The van der Waals surface area contributed by atoms with Crippen molar-refractivity contribution in [2.45, 2.75) is 31.0 Å². The number of rotatable bonds is 1. The average Bonchev–Trinajstić information content (AvgIpc) is 2.63. The van der Waals surface area contributed by atoms with E-state index in [1.807, 2.05) is 12.1 Å². The molecule has 3 rings (SSSR count). The fourth-order valence-electron chi connectivity index (χ4n) is 3.13. The zero-order chi connectivity index (χ0) is 15.3. The van der Waals surface area contributed by atoms with Crippen molar-refractivity contribution in [3.05, 3.63) is 35.4 Å². The lowest BCUT2D eigenvalue weighted by Gasteiger charge is -2.33. The highest BCUT2D eigenvalue weighted by molar-refractivity contribution is 6.07. The third kappa shape index (κ3) is 2.16. The highest BCUT2D eigenvalue weighted by Gasteiger charge is 2.55. The molecule has 1 fully saturated rings. The summed E-state index contributed by atoms with van der Waals surface area (Å²) in [5, 5.41) is 2.49. The molecular formula is C14H13F3N2O2. The number of benzene rings is 1. The monoisotopic (exact) mass is 298 g/mol. The largest absolute Gasteiger partial charge is 0.406 e. The van der Waals surface area contributed by atoms with Crippen molar-refractivity contribution in [1.82, 2.24) is 10.2 Å². The van der Waals surface area contributed by atoms with Crippen LogP contribution in [0, 0.1) is 0 Å². The number of urea groups is 1. The zero-order valence-corrected chi connectivity index (χ0v) is 11.0. The second-order valence-electron chi connectivity index (χ2n) is 5.35. The number of hydrogen-bond acceptors (Lipinski definition) is 2. The van der Waals surface area contributed by atoms with Crippen molar-refractivity contribution in [1.29, 1.82) is 0 Å². The molecule has 1 aliphatic carbocycles. The van der Waals surface area contributed by atoms with Gasteiger partial charge in [0.2, 0.25) is 0 Å². The maximum atomic E-state index is 12.5. The highest BCUT2D eigenvalue weighted by atomic mass is 19.4. The van der Waals surface area contributed by atoms with Gasteiger partial charge in [0.25, 0.3) is 5.91 Å². The summed E-state index contributed by atoms with van der Waals surface area (Å²) in [7, 11) is 0. The van der Waals surface area contributed by atoms with Crippen molar-refractivity contribution < 1.29 is 22.8 Å². The van der Waals surface area contributed by atoms with Crippen LogP contribution in [0.15, 0.2) is 24.3 Å². The van der Waals surface area contributed by atoms with Gasteiger partial charge in [0, 0.05) is 0 Å². The van der Waals surface area contributed by atoms with Crippen LogP contribution < -0.4 is 5.32 Å². The van der Waals surface area contributed by atoms with Gasteiger partial charge < -0.3 is 5.32 Å². The Bertz CT molecular complexity index is 614. The topological polar surface area (TPSA) is 49.4 Å². The Morgan fingerprint density at radius 2 is 1.95 bits per heavy atom. The number of aryl methyl sites for hydroxylation is 1. The van der Waals surface area contributed by atoms with Gasteiger partial charge in [-0.25, -0.2) is 4.79 Å². The molecule has 112 valence electrons. The van der Waals surface area contributed by atoms with Crippen LogP contribution in [0.25, 0.3) is 0 Å². The van der Waals surface area contributed by atoms with E-state index >= 15 is 0 Å². The van der Waals surface area contributed by atoms with Crippen LogP contribution in [0.2, 0.25) is 0 Å². The quantitative estimate of drug-likeness (QED) is 0.809. The van der Waals surface area contributed by atoms with Crippen molar-refractivity contribution in [2.75, 3.05) is 6.54 Å². The summed E-state index contributed by atoms with van der Waals surface area (Å²) in [6.07, 6.45) is -2.89. The van der Waals surface area contributed by atoms with E-state index in [-0.39, 0.29) is 4.90 Å². The Kier molecular flexibility index (Phi) is 2.96. The third-order valence-electron chi connectivity index (χ3n) is 3.99. The van der Waals surface area contributed by atoms with Gasteiger partial charge in [0.15, 0.2) is 0 Å². The molecule has 21 heavy (non-hydrogen) atoms. The summed E-state index contributed by atoms with van der Waals surface area (Å²) < 4.78 is 37.6.